The third kappa shape index (κ3) is 3.63. The van der Waals surface area contributed by atoms with Crippen molar-refractivity contribution in [2.75, 3.05) is 37.2 Å². The Morgan fingerprint density at radius 2 is 1.94 bits per heavy atom. The van der Waals surface area contributed by atoms with Gasteiger partial charge in [-0.05, 0) is 26.4 Å². The molecule has 0 spiro atoms. The van der Waals surface area contributed by atoms with E-state index in [0.29, 0.717) is 0 Å². The summed E-state index contributed by atoms with van der Waals surface area (Å²) in [4.78, 5) is 2.39. The number of hydrogen-bond acceptors (Lipinski definition) is 4. The lowest BCUT2D eigenvalue weighted by Crippen LogP contribution is -2.29. The number of nitrogens with zero attached hydrogens (tertiary/aromatic N) is 3. The van der Waals surface area contributed by atoms with Crippen LogP contribution in [0.3, 0.4) is 0 Å². The van der Waals surface area contributed by atoms with Crippen LogP contribution in [0.4, 0.5) is 11.5 Å². The fourth-order valence-corrected chi connectivity index (χ4v) is 2.03. The first-order valence-corrected chi connectivity index (χ1v) is 6.93. The van der Waals surface area contributed by atoms with Gasteiger partial charge in [-0.15, -0.1) is 0 Å². The maximum atomic E-state index is 6.06. The average Bonchev–Trinajstić information content (AvgIpc) is 2.62. The largest absolute Gasteiger partial charge is 0.394 e. The Kier molecular flexibility index (Phi) is 5.98. The molecule has 0 amide bonds. The average molecular weight is 253 g/mol. The molecule has 1 aromatic rings. The number of nitrogen functional groups attached to an aromatic ring is 1. The monoisotopic (exact) mass is 253 g/mol. The summed E-state index contributed by atoms with van der Waals surface area (Å²) in [7, 11) is 0. The fourth-order valence-electron chi connectivity index (χ4n) is 2.03. The van der Waals surface area contributed by atoms with Crippen LogP contribution in [0, 0.1) is 6.92 Å². The van der Waals surface area contributed by atoms with E-state index in [1.54, 1.807) is 0 Å². The van der Waals surface area contributed by atoms with Gasteiger partial charge >= 0.3 is 0 Å². The number of aromatic nitrogens is 2. The summed E-state index contributed by atoms with van der Waals surface area (Å²) >= 11 is 0. The molecule has 0 aromatic carbocycles. The first-order valence-electron chi connectivity index (χ1n) is 6.93. The number of nitrogens with one attached hydrogen (secondary N) is 1. The van der Waals surface area contributed by atoms with Crippen LogP contribution in [-0.4, -0.2) is 40.9 Å². The molecule has 104 valence electrons. The number of aryl methyl sites for hydroxylation is 2. The van der Waals surface area contributed by atoms with Gasteiger partial charge in [-0.1, -0.05) is 20.8 Å². The Hall–Kier alpha value is -1.23. The standard InChI is InChI=1S/C13H27N5/c1-5-9-18-13(12(14)11(4)16-18)15-8-10-17(6-2)7-3/h15H,5-10,14H2,1-4H3. The van der Waals surface area contributed by atoms with E-state index in [1.165, 1.54) is 0 Å². The number of likely N-dealkylation sites (N-methyl/N-ethyl adjacent to an activating group) is 1. The van der Waals surface area contributed by atoms with Crippen LogP contribution in [-0.2, 0) is 6.54 Å². The van der Waals surface area contributed by atoms with Crippen LogP contribution in [0.5, 0.6) is 0 Å². The van der Waals surface area contributed by atoms with Gasteiger partial charge in [-0.25, -0.2) is 4.68 Å². The minimum Gasteiger partial charge on any atom is -0.394 e. The molecule has 0 radical (unpaired) electrons. The molecule has 5 nitrogen and oxygen atoms in total. The van der Waals surface area contributed by atoms with Crippen molar-refractivity contribution >= 4 is 11.5 Å². The Labute approximate surface area is 110 Å². The Morgan fingerprint density at radius 1 is 1.28 bits per heavy atom. The van der Waals surface area contributed by atoms with Gasteiger partial charge < -0.3 is 16.0 Å². The molecule has 0 aliphatic heterocycles. The van der Waals surface area contributed by atoms with Crippen molar-refractivity contribution in [1.29, 1.82) is 0 Å². The number of anilines is 2. The molecule has 1 aromatic heterocycles. The summed E-state index contributed by atoms with van der Waals surface area (Å²) in [6.45, 7) is 13.5. The minimum absolute atomic E-state index is 0.781. The molecule has 0 fully saturated rings. The highest BCUT2D eigenvalue weighted by atomic mass is 15.3. The summed E-state index contributed by atoms with van der Waals surface area (Å²) in [6.07, 6.45) is 1.06. The molecule has 0 aliphatic carbocycles. The summed E-state index contributed by atoms with van der Waals surface area (Å²) in [5.41, 5.74) is 7.75. The molecule has 1 rings (SSSR count). The SMILES string of the molecule is CCCn1nc(C)c(N)c1NCCN(CC)CC. The maximum absolute atomic E-state index is 6.06. The van der Waals surface area contributed by atoms with Crippen molar-refractivity contribution in [1.82, 2.24) is 14.7 Å². The van der Waals surface area contributed by atoms with Crippen molar-refractivity contribution < 1.29 is 0 Å². The van der Waals surface area contributed by atoms with Crippen molar-refractivity contribution in [2.24, 2.45) is 0 Å². The normalized spacial score (nSPS) is 11.2. The van der Waals surface area contributed by atoms with Crippen LogP contribution < -0.4 is 11.1 Å². The third-order valence-electron chi connectivity index (χ3n) is 3.22. The Bertz CT molecular complexity index is 355. The van der Waals surface area contributed by atoms with Crippen LogP contribution in [0.25, 0.3) is 0 Å². The second-order valence-electron chi connectivity index (χ2n) is 4.52. The van der Waals surface area contributed by atoms with Crippen LogP contribution in [0.15, 0.2) is 0 Å². The van der Waals surface area contributed by atoms with Gasteiger partial charge in [0.15, 0.2) is 0 Å². The number of nitrogens with two attached hydrogens (primary N) is 1. The topological polar surface area (TPSA) is 59.1 Å². The van der Waals surface area contributed by atoms with E-state index in [0.717, 1.165) is 56.3 Å². The minimum atomic E-state index is 0.781. The van der Waals surface area contributed by atoms with Gasteiger partial charge in [-0.3, -0.25) is 0 Å². The fraction of sp³-hybridized carbons (Fsp3) is 0.769. The molecule has 5 heteroatoms. The molecule has 0 bridgehead atoms. The van der Waals surface area contributed by atoms with E-state index in [-0.39, 0.29) is 0 Å². The summed E-state index contributed by atoms with van der Waals surface area (Å²) < 4.78 is 1.98. The van der Waals surface area contributed by atoms with E-state index >= 15 is 0 Å². The second kappa shape index (κ2) is 7.26. The van der Waals surface area contributed by atoms with Crippen LogP contribution >= 0.6 is 0 Å². The lowest BCUT2D eigenvalue weighted by Gasteiger charge is -2.18. The third-order valence-corrected chi connectivity index (χ3v) is 3.22. The highest BCUT2D eigenvalue weighted by molar-refractivity contribution is 5.64. The van der Waals surface area contributed by atoms with E-state index in [4.69, 9.17) is 5.73 Å². The van der Waals surface area contributed by atoms with Crippen LogP contribution in [0.1, 0.15) is 32.9 Å². The van der Waals surface area contributed by atoms with Gasteiger partial charge in [-0.2, -0.15) is 5.10 Å². The smallest absolute Gasteiger partial charge is 0.148 e. The predicted octanol–water partition coefficient (Wildman–Crippen LogP) is 1.94. The van der Waals surface area contributed by atoms with Crippen molar-refractivity contribution in [2.45, 2.75) is 40.7 Å². The Morgan fingerprint density at radius 3 is 2.50 bits per heavy atom. The molecule has 0 atom stereocenters. The van der Waals surface area contributed by atoms with Crippen molar-refractivity contribution in [3.63, 3.8) is 0 Å². The van der Waals surface area contributed by atoms with Crippen molar-refractivity contribution in [3.8, 4) is 0 Å². The zero-order valence-electron chi connectivity index (χ0n) is 12.2. The lowest BCUT2D eigenvalue weighted by atomic mass is 10.3. The predicted molar refractivity (Wildman–Crippen MR) is 77.9 cm³/mol. The first-order chi connectivity index (χ1) is 8.63. The van der Waals surface area contributed by atoms with Gasteiger partial charge in [0, 0.05) is 19.6 Å². The molecular weight excluding hydrogens is 226 g/mol. The van der Waals surface area contributed by atoms with Gasteiger partial charge in [0.2, 0.25) is 0 Å². The molecule has 0 saturated heterocycles. The quantitative estimate of drug-likeness (QED) is 0.743. The van der Waals surface area contributed by atoms with E-state index < -0.39 is 0 Å². The lowest BCUT2D eigenvalue weighted by molar-refractivity contribution is 0.315. The second-order valence-corrected chi connectivity index (χ2v) is 4.52. The highest BCUT2D eigenvalue weighted by Crippen LogP contribution is 2.22. The van der Waals surface area contributed by atoms with E-state index in [1.807, 2.05) is 11.6 Å². The maximum Gasteiger partial charge on any atom is 0.148 e. The van der Waals surface area contributed by atoms with E-state index in [9.17, 15) is 0 Å². The zero-order chi connectivity index (χ0) is 13.5. The summed E-state index contributed by atoms with van der Waals surface area (Å²) in [6, 6.07) is 0. The zero-order valence-corrected chi connectivity index (χ0v) is 12.2. The summed E-state index contributed by atoms with van der Waals surface area (Å²) in [5.74, 6) is 0.974. The van der Waals surface area contributed by atoms with Gasteiger partial charge in [0.05, 0.1) is 11.4 Å². The molecule has 0 saturated carbocycles. The first kappa shape index (κ1) is 14.8. The van der Waals surface area contributed by atoms with Crippen LogP contribution in [0.2, 0.25) is 0 Å². The van der Waals surface area contributed by atoms with E-state index in [2.05, 4.69) is 36.1 Å². The summed E-state index contributed by atoms with van der Waals surface area (Å²) in [5, 5.41) is 7.87. The van der Waals surface area contributed by atoms with Gasteiger partial charge in [0.1, 0.15) is 5.82 Å². The molecule has 0 unspecified atom stereocenters. The highest BCUT2D eigenvalue weighted by Gasteiger charge is 2.11. The van der Waals surface area contributed by atoms with Gasteiger partial charge in [0.25, 0.3) is 0 Å². The molecule has 18 heavy (non-hydrogen) atoms. The molecule has 0 aliphatic rings. The number of hydrogen-bond donors (Lipinski definition) is 2. The Balaban J connectivity index is 2.60. The molecule has 3 N–H and O–H groups in total. The molecule has 1 heterocycles. The van der Waals surface area contributed by atoms with Crippen molar-refractivity contribution in [3.05, 3.63) is 5.69 Å². The number of rotatable bonds is 8. The molecular formula is C13H27N5.